The lowest BCUT2D eigenvalue weighted by Crippen LogP contribution is -1.85. The summed E-state index contributed by atoms with van der Waals surface area (Å²) in [5.41, 5.74) is 1.96. The van der Waals surface area contributed by atoms with Crippen LogP contribution in [0, 0.1) is 11.3 Å². The molecule has 0 bridgehead atoms. The summed E-state index contributed by atoms with van der Waals surface area (Å²) >= 11 is 3.31. The summed E-state index contributed by atoms with van der Waals surface area (Å²) in [4.78, 5) is 11.1. The first-order chi connectivity index (χ1) is 6.81. The largest absolute Gasteiger partial charge is 0.339 e. The van der Waals surface area contributed by atoms with E-state index in [-0.39, 0.29) is 0 Å². The molecule has 2 heterocycles. The summed E-state index contributed by atoms with van der Waals surface area (Å²) in [7, 11) is 0. The van der Waals surface area contributed by atoms with Crippen molar-refractivity contribution in [1.29, 1.82) is 5.26 Å². The predicted octanol–water partition coefficient (Wildman–Crippen LogP) is 2.11. The maximum atomic E-state index is 8.71. The van der Waals surface area contributed by atoms with Gasteiger partial charge < -0.3 is 4.98 Å². The molecule has 0 saturated carbocycles. The average Bonchev–Trinajstić information content (AvgIpc) is 2.65. The molecule has 0 fully saturated rings. The predicted molar refractivity (Wildman–Crippen MR) is 54.2 cm³/mol. The van der Waals surface area contributed by atoms with E-state index in [0.717, 1.165) is 4.60 Å². The Morgan fingerprint density at radius 1 is 1.43 bits per heavy atom. The first-order valence-electron chi connectivity index (χ1n) is 3.86. The number of hydrogen-bond donors (Lipinski definition) is 1. The highest BCUT2D eigenvalue weighted by Crippen LogP contribution is 2.22. The van der Waals surface area contributed by atoms with E-state index in [1.54, 1.807) is 24.7 Å². The van der Waals surface area contributed by atoms with Crippen LogP contribution in [0.25, 0.3) is 11.4 Å². The molecule has 0 saturated heterocycles. The molecule has 68 valence electrons. The van der Waals surface area contributed by atoms with Crippen LogP contribution in [0.1, 0.15) is 5.56 Å². The van der Waals surface area contributed by atoms with E-state index >= 15 is 0 Å². The summed E-state index contributed by atoms with van der Waals surface area (Å²) < 4.78 is 0.764. The quantitative estimate of drug-likeness (QED) is 0.841. The number of aromatic amines is 1. The molecule has 0 radical (unpaired) electrons. The van der Waals surface area contributed by atoms with Gasteiger partial charge in [-0.05, 0) is 28.1 Å². The number of rotatable bonds is 1. The van der Waals surface area contributed by atoms with Gasteiger partial charge in [0, 0.05) is 6.20 Å². The van der Waals surface area contributed by atoms with E-state index in [2.05, 4.69) is 37.0 Å². The van der Waals surface area contributed by atoms with Crippen molar-refractivity contribution in [3.05, 3.63) is 34.8 Å². The molecular weight excluding hydrogens is 244 g/mol. The minimum absolute atomic E-state index is 0.574. The molecule has 0 spiro atoms. The van der Waals surface area contributed by atoms with Crippen LogP contribution in [-0.2, 0) is 0 Å². The third kappa shape index (κ3) is 1.52. The van der Waals surface area contributed by atoms with E-state index in [0.29, 0.717) is 17.0 Å². The van der Waals surface area contributed by atoms with Crippen molar-refractivity contribution in [3.63, 3.8) is 0 Å². The van der Waals surface area contributed by atoms with Crippen LogP contribution in [0.3, 0.4) is 0 Å². The number of aromatic nitrogens is 3. The molecule has 1 N–H and O–H groups in total. The Labute approximate surface area is 88.8 Å². The molecule has 2 aromatic rings. The van der Waals surface area contributed by atoms with Crippen LogP contribution < -0.4 is 0 Å². The molecule has 0 unspecified atom stereocenters. The first kappa shape index (κ1) is 8.91. The van der Waals surface area contributed by atoms with Gasteiger partial charge in [0.05, 0.1) is 23.7 Å². The third-order valence-corrected chi connectivity index (χ3v) is 2.33. The summed E-state index contributed by atoms with van der Waals surface area (Å²) in [5, 5.41) is 8.71. The zero-order chi connectivity index (χ0) is 9.97. The molecule has 0 aromatic carbocycles. The molecule has 0 aliphatic heterocycles. The van der Waals surface area contributed by atoms with Gasteiger partial charge >= 0.3 is 0 Å². The maximum absolute atomic E-state index is 8.71. The van der Waals surface area contributed by atoms with Crippen molar-refractivity contribution < 1.29 is 0 Å². The highest BCUT2D eigenvalue weighted by molar-refractivity contribution is 9.10. The number of hydrogen-bond acceptors (Lipinski definition) is 3. The Kier molecular flexibility index (Phi) is 2.29. The molecule has 2 aromatic heterocycles. The van der Waals surface area contributed by atoms with E-state index in [1.807, 2.05) is 0 Å². The van der Waals surface area contributed by atoms with E-state index in [1.165, 1.54) is 0 Å². The first-order valence-corrected chi connectivity index (χ1v) is 4.66. The van der Waals surface area contributed by atoms with Crippen molar-refractivity contribution in [2.24, 2.45) is 0 Å². The number of halogens is 1. The van der Waals surface area contributed by atoms with Crippen LogP contribution in [-0.4, -0.2) is 15.0 Å². The van der Waals surface area contributed by atoms with Gasteiger partial charge in [0.15, 0.2) is 0 Å². The van der Waals surface area contributed by atoms with Gasteiger partial charge in [-0.3, -0.25) is 4.98 Å². The van der Waals surface area contributed by atoms with Gasteiger partial charge in [-0.2, -0.15) is 5.26 Å². The molecule has 0 amide bonds. The zero-order valence-corrected chi connectivity index (χ0v) is 8.62. The summed E-state index contributed by atoms with van der Waals surface area (Å²) in [5.74, 6) is 0. The number of nitrogens with zero attached hydrogens (tertiary/aromatic N) is 3. The normalized spacial score (nSPS) is 9.71. The van der Waals surface area contributed by atoms with Crippen LogP contribution in [0.4, 0.5) is 0 Å². The molecule has 2 rings (SSSR count). The third-order valence-electron chi connectivity index (χ3n) is 1.72. The van der Waals surface area contributed by atoms with Gasteiger partial charge in [0.1, 0.15) is 10.3 Å². The Morgan fingerprint density at radius 2 is 2.29 bits per heavy atom. The zero-order valence-electron chi connectivity index (χ0n) is 7.03. The lowest BCUT2D eigenvalue weighted by molar-refractivity contribution is 1.26. The highest BCUT2D eigenvalue weighted by atomic mass is 79.9. The fourth-order valence-electron chi connectivity index (χ4n) is 1.09. The van der Waals surface area contributed by atoms with Crippen LogP contribution in [0.5, 0.6) is 0 Å². The minimum atomic E-state index is 0.574. The maximum Gasteiger partial charge on any atom is 0.121 e. The van der Waals surface area contributed by atoms with Crippen molar-refractivity contribution in [2.45, 2.75) is 0 Å². The van der Waals surface area contributed by atoms with Crippen LogP contribution in [0.15, 0.2) is 29.3 Å². The second-order valence-corrected chi connectivity index (χ2v) is 3.40. The Morgan fingerprint density at radius 3 is 2.93 bits per heavy atom. The number of pyridine rings is 1. The summed E-state index contributed by atoms with van der Waals surface area (Å²) in [6.07, 6.45) is 3.16. The number of nitrogens with one attached hydrogen (secondary N) is 1. The molecule has 0 aliphatic carbocycles. The minimum Gasteiger partial charge on any atom is -0.339 e. The molecule has 14 heavy (non-hydrogen) atoms. The lowest BCUT2D eigenvalue weighted by atomic mass is 10.2. The molecule has 0 atom stereocenters. The average molecular weight is 249 g/mol. The number of imidazole rings is 1. The van der Waals surface area contributed by atoms with E-state index < -0.39 is 0 Å². The van der Waals surface area contributed by atoms with Crippen molar-refractivity contribution >= 4 is 15.9 Å². The molecular formula is C9H5BrN4. The topological polar surface area (TPSA) is 65.4 Å². The van der Waals surface area contributed by atoms with Gasteiger partial charge in [0.2, 0.25) is 0 Å². The van der Waals surface area contributed by atoms with Gasteiger partial charge in [-0.1, -0.05) is 0 Å². The van der Waals surface area contributed by atoms with Gasteiger partial charge in [-0.25, -0.2) is 4.98 Å². The van der Waals surface area contributed by atoms with Crippen molar-refractivity contribution in [3.8, 4) is 17.5 Å². The van der Waals surface area contributed by atoms with Crippen LogP contribution >= 0.6 is 15.9 Å². The van der Waals surface area contributed by atoms with E-state index in [4.69, 9.17) is 5.26 Å². The second kappa shape index (κ2) is 3.60. The molecule has 0 aliphatic rings. The highest BCUT2D eigenvalue weighted by Gasteiger charge is 2.07. The number of H-pyrrole nitrogens is 1. The van der Waals surface area contributed by atoms with E-state index in [9.17, 15) is 0 Å². The van der Waals surface area contributed by atoms with Crippen molar-refractivity contribution in [1.82, 2.24) is 15.0 Å². The Bertz CT molecular complexity index is 498. The fourth-order valence-corrected chi connectivity index (χ4v) is 1.49. The fraction of sp³-hybridized carbons (Fsp3) is 0. The van der Waals surface area contributed by atoms with Crippen LogP contribution in [0.2, 0.25) is 0 Å². The smallest absolute Gasteiger partial charge is 0.121 e. The SMILES string of the molecule is N#Cc1ccnc(-c2nc[nH]c2Br)c1. The summed E-state index contributed by atoms with van der Waals surface area (Å²) in [6.45, 7) is 0. The monoisotopic (exact) mass is 248 g/mol. The van der Waals surface area contributed by atoms with Gasteiger partial charge in [-0.15, -0.1) is 0 Å². The van der Waals surface area contributed by atoms with Gasteiger partial charge in [0.25, 0.3) is 0 Å². The molecule has 5 heteroatoms. The second-order valence-electron chi connectivity index (χ2n) is 2.61. The summed E-state index contributed by atoms with van der Waals surface area (Å²) in [6, 6.07) is 5.41. The lowest BCUT2D eigenvalue weighted by Gasteiger charge is -1.96. The standard InChI is InChI=1S/C9H5BrN4/c10-9-8(13-5-14-9)7-3-6(4-11)1-2-12-7/h1-3,5H,(H,13,14). The Hall–Kier alpha value is -1.67. The Balaban J connectivity index is 2.53. The van der Waals surface area contributed by atoms with Crippen molar-refractivity contribution in [2.75, 3.05) is 0 Å². The number of nitriles is 1. The molecule has 4 nitrogen and oxygen atoms in total.